The fourth-order valence-corrected chi connectivity index (χ4v) is 5.60. The van der Waals surface area contributed by atoms with Crippen molar-refractivity contribution in [1.82, 2.24) is 24.6 Å². The van der Waals surface area contributed by atoms with E-state index in [9.17, 15) is 9.59 Å². The van der Waals surface area contributed by atoms with Crippen LogP contribution in [0.4, 0.5) is 0 Å². The van der Waals surface area contributed by atoms with Gasteiger partial charge >= 0.3 is 0 Å². The third kappa shape index (κ3) is 6.88. The van der Waals surface area contributed by atoms with E-state index in [0.717, 1.165) is 75.8 Å². The number of carbonyl (C=O) groups excluding carboxylic acids is 1. The summed E-state index contributed by atoms with van der Waals surface area (Å²) >= 11 is 0. The largest absolute Gasteiger partial charge is 0.397 e. The lowest BCUT2D eigenvalue weighted by molar-refractivity contribution is -0.108. The van der Waals surface area contributed by atoms with Crippen molar-refractivity contribution in [2.45, 2.75) is 66.3 Å². The molecule has 0 saturated carbocycles. The van der Waals surface area contributed by atoms with Crippen molar-refractivity contribution in [3.8, 4) is 0 Å². The number of amides is 1. The van der Waals surface area contributed by atoms with Crippen LogP contribution >= 0.6 is 0 Å². The van der Waals surface area contributed by atoms with Crippen LogP contribution < -0.4 is 10.9 Å². The molecule has 44 heavy (non-hydrogen) atoms. The molecule has 0 aliphatic heterocycles. The van der Waals surface area contributed by atoms with Crippen molar-refractivity contribution < 1.29 is 9.63 Å². The number of allylic oxidation sites excluding steroid dienone is 2. The number of aryl methyl sites for hydroxylation is 3. The minimum Gasteiger partial charge on any atom is -0.397 e. The molecule has 230 valence electrons. The third-order valence-electron chi connectivity index (χ3n) is 7.60. The molecule has 0 unspecified atom stereocenters. The monoisotopic (exact) mass is 594 g/mol. The Morgan fingerprint density at radius 2 is 1.80 bits per heavy atom. The maximum atomic E-state index is 14.0. The molecule has 1 amide bonds. The van der Waals surface area contributed by atoms with Crippen LogP contribution in [0, 0.1) is 6.92 Å². The van der Waals surface area contributed by atoms with Crippen molar-refractivity contribution in [3.63, 3.8) is 0 Å². The minimum atomic E-state index is -0.0228. The second-order valence-corrected chi connectivity index (χ2v) is 10.4. The van der Waals surface area contributed by atoms with Crippen molar-refractivity contribution in [2.75, 3.05) is 7.11 Å². The van der Waals surface area contributed by atoms with Gasteiger partial charge in [-0.15, -0.1) is 0 Å². The molecule has 0 bridgehead atoms. The second-order valence-electron chi connectivity index (χ2n) is 10.4. The number of hydrogen-bond donors (Lipinski definition) is 1. The molecule has 2 aromatic heterocycles. The van der Waals surface area contributed by atoms with Gasteiger partial charge < -0.3 is 10.2 Å². The Kier molecular flexibility index (Phi) is 11.0. The van der Waals surface area contributed by atoms with Crippen molar-refractivity contribution in [3.05, 3.63) is 111 Å². The number of benzene rings is 2. The maximum Gasteiger partial charge on any atom is 0.257 e. The summed E-state index contributed by atoms with van der Waals surface area (Å²) in [5.41, 5.74) is 7.25. The Labute approximate surface area is 259 Å². The average molecular weight is 595 g/mol. The molecule has 0 fully saturated rings. The summed E-state index contributed by atoms with van der Waals surface area (Å²) in [6.07, 6.45) is 8.66. The molecule has 0 radical (unpaired) electrons. The Bertz CT molecular complexity index is 1760. The van der Waals surface area contributed by atoms with Gasteiger partial charge in [-0.1, -0.05) is 87.0 Å². The van der Waals surface area contributed by atoms with E-state index in [-0.39, 0.29) is 5.56 Å². The van der Waals surface area contributed by atoms with E-state index < -0.39 is 0 Å². The van der Waals surface area contributed by atoms with Crippen LogP contribution in [0.25, 0.3) is 16.5 Å². The molecule has 5 rings (SSSR count). The summed E-state index contributed by atoms with van der Waals surface area (Å²) in [5, 5.41) is 12.4. The molecule has 0 atom stereocenters. The molecule has 0 saturated heterocycles. The smallest absolute Gasteiger partial charge is 0.257 e. The number of hydrogen-bond acceptors (Lipinski definition) is 6. The Morgan fingerprint density at radius 3 is 2.50 bits per heavy atom. The van der Waals surface area contributed by atoms with Crippen LogP contribution in [0.1, 0.15) is 73.9 Å². The molecule has 9 heteroatoms. The highest BCUT2D eigenvalue weighted by Gasteiger charge is 2.20. The van der Waals surface area contributed by atoms with E-state index in [1.165, 1.54) is 7.11 Å². The van der Waals surface area contributed by atoms with Crippen molar-refractivity contribution in [1.29, 1.82) is 0 Å². The van der Waals surface area contributed by atoms with E-state index in [0.29, 0.717) is 31.0 Å². The first kappa shape index (κ1) is 32.1. The van der Waals surface area contributed by atoms with Gasteiger partial charge in [0.25, 0.3) is 5.56 Å². The van der Waals surface area contributed by atoms with Crippen molar-refractivity contribution >= 4 is 28.7 Å². The summed E-state index contributed by atoms with van der Waals surface area (Å²) in [7, 11) is 3.37. The summed E-state index contributed by atoms with van der Waals surface area (Å²) in [6.45, 7) is 8.36. The third-order valence-corrected chi connectivity index (χ3v) is 7.60. The Morgan fingerprint density at radius 1 is 1.07 bits per heavy atom. The molecule has 2 aromatic carbocycles. The number of rotatable bonds is 10. The van der Waals surface area contributed by atoms with E-state index in [1.54, 1.807) is 4.57 Å². The van der Waals surface area contributed by atoms with Crippen LogP contribution in [-0.4, -0.2) is 38.7 Å². The summed E-state index contributed by atoms with van der Waals surface area (Å²) in [4.78, 5) is 35.0. The predicted molar refractivity (Wildman–Crippen MR) is 177 cm³/mol. The van der Waals surface area contributed by atoms with Gasteiger partial charge in [-0.05, 0) is 49.0 Å². The number of aromatic nitrogens is 4. The lowest BCUT2D eigenvalue weighted by Gasteiger charge is -2.18. The number of fused-ring (bicyclic) bond motifs is 1. The topological polar surface area (TPSA) is 103 Å². The molecular formula is C35H42N6O3. The molecule has 1 aliphatic rings. The molecule has 1 aliphatic carbocycles. The number of carbonyl (C=O) groups is 1. The van der Waals surface area contributed by atoms with Crippen LogP contribution in [0.2, 0.25) is 0 Å². The SMILES string of the molecule is CC.CCCc1nc(C)n(Cc2nn(C)c3ccccc23)c(=O)c1Cc1ccc(C2=CCCC=C2/C(=N/OC)NC=O)cc1. The van der Waals surface area contributed by atoms with E-state index in [4.69, 9.17) is 14.9 Å². The fraction of sp³-hybridized carbons (Fsp3) is 0.343. The van der Waals surface area contributed by atoms with Gasteiger partial charge in [0.05, 0.1) is 23.4 Å². The summed E-state index contributed by atoms with van der Waals surface area (Å²) < 4.78 is 3.60. The highest BCUT2D eigenvalue weighted by atomic mass is 16.6. The van der Waals surface area contributed by atoms with E-state index in [2.05, 4.69) is 29.5 Å². The second kappa shape index (κ2) is 15.1. The molecule has 2 heterocycles. The lowest BCUT2D eigenvalue weighted by Crippen LogP contribution is -2.30. The Balaban J connectivity index is 0.00000216. The van der Waals surface area contributed by atoms with Gasteiger partial charge in [-0.25, -0.2) is 4.98 Å². The lowest BCUT2D eigenvalue weighted by atomic mass is 9.90. The van der Waals surface area contributed by atoms with Crippen LogP contribution in [0.5, 0.6) is 0 Å². The van der Waals surface area contributed by atoms with Gasteiger partial charge in [0.15, 0.2) is 5.84 Å². The number of nitrogens with zero attached hydrogens (tertiary/aromatic N) is 5. The number of amidine groups is 1. The zero-order valence-corrected chi connectivity index (χ0v) is 26.6. The zero-order valence-electron chi connectivity index (χ0n) is 26.6. The van der Waals surface area contributed by atoms with Gasteiger partial charge in [0.1, 0.15) is 12.9 Å². The predicted octanol–water partition coefficient (Wildman–Crippen LogP) is 5.87. The zero-order chi connectivity index (χ0) is 31.6. The standard InChI is InChI=1S/C33H36N6O3.C2H6/c1-5-10-29-28(33(41)39(22(2)35-29)20-30-27-13-8-9-14-31(27)38(3)36-30)19-23-15-17-24(18-16-23)25-11-6-7-12-26(25)32(34-21-40)37-42-4;1-2/h8-9,11-18,21H,5-7,10,19-20H2,1-4H3,(H,34,37,40);1-2H3. The first-order valence-electron chi connectivity index (χ1n) is 15.3. The van der Waals surface area contributed by atoms with Gasteiger partial charge in [-0.2, -0.15) is 5.10 Å². The maximum absolute atomic E-state index is 14.0. The number of oxime groups is 1. The first-order chi connectivity index (χ1) is 21.4. The van der Waals surface area contributed by atoms with E-state index >= 15 is 0 Å². The number of para-hydroxylation sites is 1. The molecule has 4 aromatic rings. The number of nitrogens with one attached hydrogen (secondary N) is 1. The molecular weight excluding hydrogens is 552 g/mol. The summed E-state index contributed by atoms with van der Waals surface area (Å²) in [5.74, 6) is 1.07. The highest BCUT2D eigenvalue weighted by Crippen LogP contribution is 2.29. The quantitative estimate of drug-likeness (QED) is 0.107. The van der Waals surface area contributed by atoms with Crippen LogP contribution in [-0.2, 0) is 36.1 Å². The Hall–Kier alpha value is -4.79. The van der Waals surface area contributed by atoms with Gasteiger partial charge in [-0.3, -0.25) is 18.8 Å². The van der Waals surface area contributed by atoms with Gasteiger partial charge in [0, 0.05) is 30.0 Å². The summed E-state index contributed by atoms with van der Waals surface area (Å²) in [6, 6.07) is 16.3. The molecule has 9 nitrogen and oxygen atoms in total. The van der Waals surface area contributed by atoms with Gasteiger partial charge in [0.2, 0.25) is 6.41 Å². The molecule has 0 spiro atoms. The fourth-order valence-electron chi connectivity index (χ4n) is 5.60. The molecule has 1 N–H and O–H groups in total. The van der Waals surface area contributed by atoms with E-state index in [1.807, 2.05) is 81.0 Å². The minimum absolute atomic E-state index is 0.0228. The van der Waals surface area contributed by atoms with Crippen LogP contribution in [0.3, 0.4) is 0 Å². The highest BCUT2D eigenvalue weighted by molar-refractivity contribution is 6.14. The first-order valence-corrected chi connectivity index (χ1v) is 15.3. The van der Waals surface area contributed by atoms with Crippen LogP contribution in [0.15, 0.2) is 76.2 Å². The average Bonchev–Trinajstić information content (AvgIpc) is 3.37. The van der Waals surface area contributed by atoms with Crippen molar-refractivity contribution in [2.24, 2.45) is 12.2 Å². The normalized spacial score (nSPS) is 13.1.